The molecule has 1 aliphatic carbocycles. The van der Waals surface area contributed by atoms with Crippen LogP contribution >= 0.6 is 11.3 Å². The average Bonchev–Trinajstić information content (AvgIpc) is 3.24. The molecule has 2 aromatic rings. The summed E-state index contributed by atoms with van der Waals surface area (Å²) in [5.41, 5.74) is 2.37. The van der Waals surface area contributed by atoms with Crippen molar-refractivity contribution < 1.29 is 9.59 Å². The van der Waals surface area contributed by atoms with Crippen LogP contribution in [-0.4, -0.2) is 11.8 Å². The van der Waals surface area contributed by atoms with Crippen molar-refractivity contribution in [3.8, 4) is 0 Å². The van der Waals surface area contributed by atoms with Gasteiger partial charge in [-0.2, -0.15) is 0 Å². The summed E-state index contributed by atoms with van der Waals surface area (Å²) in [7, 11) is 0. The Labute approximate surface area is 139 Å². The molecule has 1 atom stereocenters. The molecule has 1 aromatic carbocycles. The molecule has 3 rings (SSSR count). The van der Waals surface area contributed by atoms with Crippen molar-refractivity contribution in [3.05, 3.63) is 52.4 Å². The maximum Gasteiger partial charge on any atom is 0.261 e. The highest BCUT2D eigenvalue weighted by molar-refractivity contribution is 7.18. The molecule has 1 unspecified atom stereocenters. The topological polar surface area (TPSA) is 58.2 Å². The van der Waals surface area contributed by atoms with Gasteiger partial charge in [-0.15, -0.1) is 11.3 Å². The Morgan fingerprint density at radius 2 is 1.83 bits per heavy atom. The Morgan fingerprint density at radius 1 is 1.13 bits per heavy atom. The van der Waals surface area contributed by atoms with Crippen LogP contribution in [0.2, 0.25) is 0 Å². The van der Waals surface area contributed by atoms with Gasteiger partial charge in [0.05, 0.1) is 15.9 Å². The van der Waals surface area contributed by atoms with Gasteiger partial charge < -0.3 is 10.6 Å². The normalized spacial score (nSPS) is 15.0. The summed E-state index contributed by atoms with van der Waals surface area (Å²) in [6.45, 7) is 3.52. The number of thiophene rings is 1. The maximum atomic E-state index is 12.5. The van der Waals surface area contributed by atoms with Gasteiger partial charge in [0.2, 0.25) is 5.91 Å². The molecule has 5 heteroatoms. The van der Waals surface area contributed by atoms with E-state index in [0.717, 1.165) is 18.4 Å². The lowest BCUT2D eigenvalue weighted by molar-refractivity contribution is -0.114. The van der Waals surface area contributed by atoms with Crippen LogP contribution in [0.3, 0.4) is 0 Å². The largest absolute Gasteiger partial charge is 0.344 e. The molecule has 1 saturated carbocycles. The van der Waals surface area contributed by atoms with Gasteiger partial charge in [-0.05, 0) is 43.4 Å². The SMILES string of the molecule is CC(=O)Nc1ccc(C(=O)NC(c2ccc(C)cc2)C2CC2)s1. The summed E-state index contributed by atoms with van der Waals surface area (Å²) in [5, 5.41) is 6.56. The molecular weight excluding hydrogens is 308 g/mol. The fourth-order valence-electron chi connectivity index (χ4n) is 2.59. The fraction of sp³-hybridized carbons (Fsp3) is 0.333. The number of carbonyl (C=O) groups is 2. The number of carbonyl (C=O) groups excluding carboxylic acids is 2. The number of rotatable bonds is 5. The molecule has 120 valence electrons. The van der Waals surface area contributed by atoms with E-state index in [-0.39, 0.29) is 17.9 Å². The second kappa shape index (κ2) is 6.54. The van der Waals surface area contributed by atoms with Crippen molar-refractivity contribution in [2.75, 3.05) is 5.32 Å². The molecule has 0 saturated heterocycles. The quantitative estimate of drug-likeness (QED) is 0.874. The first-order valence-corrected chi connectivity index (χ1v) is 8.59. The number of hydrogen-bond acceptors (Lipinski definition) is 3. The van der Waals surface area contributed by atoms with E-state index in [1.165, 1.54) is 23.8 Å². The molecule has 1 heterocycles. The smallest absolute Gasteiger partial charge is 0.261 e. The van der Waals surface area contributed by atoms with Gasteiger partial charge in [0.15, 0.2) is 0 Å². The lowest BCUT2D eigenvalue weighted by Crippen LogP contribution is -2.29. The molecular formula is C18H20N2O2S. The molecule has 0 bridgehead atoms. The van der Waals surface area contributed by atoms with Gasteiger partial charge in [-0.25, -0.2) is 0 Å². The number of amides is 2. The van der Waals surface area contributed by atoms with Crippen molar-refractivity contribution in [2.45, 2.75) is 32.7 Å². The number of anilines is 1. The third-order valence-electron chi connectivity index (χ3n) is 3.95. The molecule has 23 heavy (non-hydrogen) atoms. The number of hydrogen-bond donors (Lipinski definition) is 2. The second-order valence-electron chi connectivity index (χ2n) is 6.04. The van der Waals surface area contributed by atoms with Crippen molar-refractivity contribution in [1.82, 2.24) is 5.32 Å². The van der Waals surface area contributed by atoms with Gasteiger partial charge in [0, 0.05) is 6.92 Å². The Kier molecular flexibility index (Phi) is 4.48. The minimum Gasteiger partial charge on any atom is -0.344 e. The van der Waals surface area contributed by atoms with E-state index in [2.05, 4.69) is 41.8 Å². The molecule has 1 fully saturated rings. The average molecular weight is 328 g/mol. The van der Waals surface area contributed by atoms with E-state index in [1.54, 1.807) is 12.1 Å². The highest BCUT2D eigenvalue weighted by atomic mass is 32.1. The van der Waals surface area contributed by atoms with Crippen molar-refractivity contribution >= 4 is 28.2 Å². The second-order valence-corrected chi connectivity index (χ2v) is 7.13. The van der Waals surface area contributed by atoms with Crippen LogP contribution in [0.15, 0.2) is 36.4 Å². The van der Waals surface area contributed by atoms with Gasteiger partial charge >= 0.3 is 0 Å². The minimum absolute atomic E-state index is 0.0643. The minimum atomic E-state index is -0.130. The van der Waals surface area contributed by atoms with Crippen molar-refractivity contribution in [2.24, 2.45) is 5.92 Å². The molecule has 1 aromatic heterocycles. The van der Waals surface area contributed by atoms with Crippen LogP contribution in [0.25, 0.3) is 0 Å². The Bertz CT molecular complexity index is 717. The Balaban J connectivity index is 1.72. The Morgan fingerprint density at radius 3 is 2.43 bits per heavy atom. The van der Waals surface area contributed by atoms with Crippen LogP contribution in [-0.2, 0) is 4.79 Å². The number of benzene rings is 1. The zero-order chi connectivity index (χ0) is 16.4. The first-order chi connectivity index (χ1) is 11.0. The highest BCUT2D eigenvalue weighted by Gasteiger charge is 2.33. The molecule has 4 nitrogen and oxygen atoms in total. The molecule has 2 amide bonds. The number of nitrogens with one attached hydrogen (secondary N) is 2. The van der Waals surface area contributed by atoms with Crippen molar-refractivity contribution in [1.29, 1.82) is 0 Å². The van der Waals surface area contributed by atoms with E-state index >= 15 is 0 Å². The standard InChI is InChI=1S/C18H20N2O2S/c1-11-3-5-13(6-4-11)17(14-7-8-14)20-18(22)15-9-10-16(23-15)19-12(2)21/h3-6,9-10,14,17H,7-8H2,1-2H3,(H,19,21)(H,20,22). The van der Waals surface area contributed by atoms with E-state index in [9.17, 15) is 9.59 Å². The third-order valence-corrected chi connectivity index (χ3v) is 4.94. The van der Waals surface area contributed by atoms with Crippen LogP contribution in [0.1, 0.15) is 46.6 Å². The molecule has 2 N–H and O–H groups in total. The molecule has 0 spiro atoms. The summed E-state index contributed by atoms with van der Waals surface area (Å²) < 4.78 is 0. The third kappa shape index (κ3) is 3.99. The van der Waals surface area contributed by atoms with Crippen LogP contribution in [0.4, 0.5) is 5.00 Å². The Hall–Kier alpha value is -2.14. The summed E-state index contributed by atoms with van der Waals surface area (Å²) in [5.74, 6) is 0.315. The van der Waals surface area contributed by atoms with E-state index < -0.39 is 0 Å². The maximum absolute atomic E-state index is 12.5. The predicted octanol–water partition coefficient (Wildman–Crippen LogP) is 3.90. The molecule has 0 aliphatic heterocycles. The first-order valence-electron chi connectivity index (χ1n) is 7.78. The van der Waals surface area contributed by atoms with Crippen LogP contribution in [0, 0.1) is 12.8 Å². The van der Waals surface area contributed by atoms with E-state index in [4.69, 9.17) is 0 Å². The van der Waals surface area contributed by atoms with Gasteiger partial charge in [-0.3, -0.25) is 9.59 Å². The fourth-order valence-corrected chi connectivity index (χ4v) is 3.45. The first kappa shape index (κ1) is 15.7. The summed E-state index contributed by atoms with van der Waals surface area (Å²) in [6, 6.07) is 11.9. The van der Waals surface area contributed by atoms with Crippen molar-refractivity contribution in [3.63, 3.8) is 0 Å². The van der Waals surface area contributed by atoms with Gasteiger partial charge in [0.1, 0.15) is 0 Å². The summed E-state index contributed by atoms with van der Waals surface area (Å²) in [6.07, 6.45) is 2.31. The summed E-state index contributed by atoms with van der Waals surface area (Å²) in [4.78, 5) is 24.2. The zero-order valence-electron chi connectivity index (χ0n) is 13.3. The molecule has 0 radical (unpaired) electrons. The zero-order valence-corrected chi connectivity index (χ0v) is 14.1. The monoisotopic (exact) mass is 328 g/mol. The number of aryl methyl sites for hydroxylation is 1. The van der Waals surface area contributed by atoms with Crippen LogP contribution in [0.5, 0.6) is 0 Å². The molecule has 1 aliphatic rings. The van der Waals surface area contributed by atoms with E-state index in [1.807, 2.05) is 0 Å². The predicted molar refractivity (Wildman–Crippen MR) is 92.7 cm³/mol. The lowest BCUT2D eigenvalue weighted by atomic mass is 10.0. The lowest BCUT2D eigenvalue weighted by Gasteiger charge is -2.18. The highest BCUT2D eigenvalue weighted by Crippen LogP contribution is 2.41. The van der Waals surface area contributed by atoms with Crippen LogP contribution < -0.4 is 10.6 Å². The van der Waals surface area contributed by atoms with Gasteiger partial charge in [0.25, 0.3) is 5.91 Å². The summed E-state index contributed by atoms with van der Waals surface area (Å²) >= 11 is 1.30. The van der Waals surface area contributed by atoms with Gasteiger partial charge in [-0.1, -0.05) is 29.8 Å². The van der Waals surface area contributed by atoms with E-state index in [0.29, 0.717) is 15.8 Å².